The summed E-state index contributed by atoms with van der Waals surface area (Å²) >= 11 is 0. The number of hydrogen-bond donors (Lipinski definition) is 3. The number of hydrogen-bond acceptors (Lipinski definition) is 4. The largest absolute Gasteiger partial charge is 0.351 e. The van der Waals surface area contributed by atoms with E-state index in [9.17, 15) is 23.2 Å². The third kappa shape index (κ3) is 4.91. The van der Waals surface area contributed by atoms with E-state index in [2.05, 4.69) is 10.6 Å². The van der Waals surface area contributed by atoms with Crippen LogP contribution in [0, 0.1) is 11.6 Å². The van der Waals surface area contributed by atoms with Crippen molar-refractivity contribution in [2.45, 2.75) is 19.5 Å². The van der Waals surface area contributed by atoms with Crippen LogP contribution in [0.2, 0.25) is 0 Å². The lowest BCUT2D eigenvalue weighted by atomic mass is 10.1. The summed E-state index contributed by atoms with van der Waals surface area (Å²) in [5.41, 5.74) is 5.16. The van der Waals surface area contributed by atoms with Crippen molar-refractivity contribution >= 4 is 17.8 Å². The van der Waals surface area contributed by atoms with E-state index in [0.717, 1.165) is 17.0 Å². The van der Waals surface area contributed by atoms with Crippen molar-refractivity contribution in [2.75, 3.05) is 32.7 Å². The highest BCUT2D eigenvalue weighted by Gasteiger charge is 2.40. The second-order valence-electron chi connectivity index (χ2n) is 5.99. The zero-order valence-corrected chi connectivity index (χ0v) is 15.0. The summed E-state index contributed by atoms with van der Waals surface area (Å²) in [6, 6.07) is 1.93. The second kappa shape index (κ2) is 9.26. The number of carbonyl (C=O) groups excluding carboxylic acids is 3. The quantitative estimate of drug-likeness (QED) is 0.677. The lowest BCUT2D eigenvalue weighted by Gasteiger charge is -2.42. The standard InChI is InChI=1S/C17H23F2N5O3/c1-2-21-17(27)24-7-3-6-23(15(24)14(25)22-5-4-20)16(26)11-8-12(18)10-13(19)9-11/h8-10,15H,2-7,20H2,1H3,(H,21,27)(H,22,25). The first kappa shape index (κ1) is 20.6. The number of amides is 4. The number of urea groups is 1. The molecule has 0 saturated carbocycles. The molecule has 0 bridgehead atoms. The third-order valence-electron chi connectivity index (χ3n) is 4.03. The van der Waals surface area contributed by atoms with Crippen LogP contribution in [0.5, 0.6) is 0 Å². The molecule has 0 aromatic heterocycles. The van der Waals surface area contributed by atoms with Gasteiger partial charge in [-0.2, -0.15) is 0 Å². The van der Waals surface area contributed by atoms with Gasteiger partial charge in [-0.15, -0.1) is 0 Å². The maximum absolute atomic E-state index is 13.5. The Morgan fingerprint density at radius 2 is 1.74 bits per heavy atom. The summed E-state index contributed by atoms with van der Waals surface area (Å²) < 4.78 is 27.0. The Bertz CT molecular complexity index is 696. The average Bonchev–Trinajstić information content (AvgIpc) is 2.64. The summed E-state index contributed by atoms with van der Waals surface area (Å²) in [5, 5.41) is 5.16. The Morgan fingerprint density at radius 1 is 1.11 bits per heavy atom. The van der Waals surface area contributed by atoms with Gasteiger partial charge in [-0.3, -0.25) is 14.5 Å². The van der Waals surface area contributed by atoms with Crippen LogP contribution in [0.15, 0.2) is 18.2 Å². The molecule has 1 unspecified atom stereocenters. The van der Waals surface area contributed by atoms with Gasteiger partial charge >= 0.3 is 6.03 Å². The monoisotopic (exact) mass is 383 g/mol. The maximum atomic E-state index is 13.5. The Balaban J connectivity index is 2.36. The van der Waals surface area contributed by atoms with Gasteiger partial charge in [0.25, 0.3) is 11.8 Å². The van der Waals surface area contributed by atoms with E-state index in [-0.39, 0.29) is 31.7 Å². The van der Waals surface area contributed by atoms with Gasteiger partial charge < -0.3 is 21.3 Å². The topological polar surface area (TPSA) is 108 Å². The van der Waals surface area contributed by atoms with Crippen LogP contribution in [0.3, 0.4) is 0 Å². The molecule has 1 fully saturated rings. The van der Waals surface area contributed by atoms with Crippen LogP contribution in [0.25, 0.3) is 0 Å². The summed E-state index contributed by atoms with van der Waals surface area (Å²) in [5.74, 6) is -3.13. The molecule has 1 heterocycles. The van der Waals surface area contributed by atoms with Crippen molar-refractivity contribution in [2.24, 2.45) is 5.73 Å². The first-order valence-electron chi connectivity index (χ1n) is 8.68. The van der Waals surface area contributed by atoms with Crippen molar-refractivity contribution in [3.8, 4) is 0 Å². The first-order valence-corrected chi connectivity index (χ1v) is 8.68. The van der Waals surface area contributed by atoms with E-state index in [4.69, 9.17) is 5.73 Å². The maximum Gasteiger partial charge on any atom is 0.319 e. The highest BCUT2D eigenvalue weighted by atomic mass is 19.1. The van der Waals surface area contributed by atoms with E-state index < -0.39 is 35.6 Å². The Morgan fingerprint density at radius 3 is 2.33 bits per heavy atom. The highest BCUT2D eigenvalue weighted by molar-refractivity contribution is 5.98. The summed E-state index contributed by atoms with van der Waals surface area (Å²) in [6.45, 7) is 2.83. The number of carbonyl (C=O) groups is 3. The Kier molecular flexibility index (Phi) is 7.05. The first-order chi connectivity index (χ1) is 12.9. The highest BCUT2D eigenvalue weighted by Crippen LogP contribution is 2.20. The van der Waals surface area contributed by atoms with Crippen LogP contribution in [-0.2, 0) is 4.79 Å². The number of benzene rings is 1. The molecule has 1 aromatic rings. The molecule has 2 rings (SSSR count). The number of halogens is 2. The van der Waals surface area contributed by atoms with E-state index in [1.165, 1.54) is 4.90 Å². The summed E-state index contributed by atoms with van der Waals surface area (Å²) in [7, 11) is 0. The van der Waals surface area contributed by atoms with Crippen LogP contribution >= 0.6 is 0 Å². The van der Waals surface area contributed by atoms with Crippen LogP contribution in [0.4, 0.5) is 13.6 Å². The zero-order valence-electron chi connectivity index (χ0n) is 15.0. The van der Waals surface area contributed by atoms with Gasteiger partial charge in [-0.05, 0) is 25.5 Å². The predicted molar refractivity (Wildman–Crippen MR) is 93.6 cm³/mol. The molecule has 148 valence electrons. The lowest BCUT2D eigenvalue weighted by Crippen LogP contribution is -2.65. The van der Waals surface area contributed by atoms with Crippen molar-refractivity contribution in [1.82, 2.24) is 20.4 Å². The minimum Gasteiger partial charge on any atom is -0.351 e. The van der Waals surface area contributed by atoms with Gasteiger partial charge in [0.2, 0.25) is 0 Å². The van der Waals surface area contributed by atoms with Gasteiger partial charge in [-0.25, -0.2) is 13.6 Å². The molecule has 1 saturated heterocycles. The molecular formula is C17H23F2N5O3. The fraction of sp³-hybridized carbons (Fsp3) is 0.471. The van der Waals surface area contributed by atoms with Crippen LogP contribution in [-0.4, -0.2) is 66.5 Å². The van der Waals surface area contributed by atoms with Gasteiger partial charge in [0.05, 0.1) is 0 Å². The number of nitrogens with zero attached hydrogens (tertiary/aromatic N) is 2. The second-order valence-corrected chi connectivity index (χ2v) is 5.99. The molecular weight excluding hydrogens is 360 g/mol. The van der Waals surface area contributed by atoms with Gasteiger partial charge in [-0.1, -0.05) is 0 Å². The minimum atomic E-state index is -1.24. The van der Waals surface area contributed by atoms with E-state index in [1.54, 1.807) is 6.92 Å². The smallest absolute Gasteiger partial charge is 0.319 e. The molecule has 27 heavy (non-hydrogen) atoms. The predicted octanol–water partition coefficient (Wildman–Crippen LogP) is 0.243. The molecule has 1 aromatic carbocycles. The van der Waals surface area contributed by atoms with Crippen molar-refractivity contribution in [1.29, 1.82) is 0 Å². The van der Waals surface area contributed by atoms with E-state index in [0.29, 0.717) is 19.0 Å². The molecule has 10 heteroatoms. The van der Waals surface area contributed by atoms with Crippen molar-refractivity contribution in [3.05, 3.63) is 35.4 Å². The number of nitrogens with one attached hydrogen (secondary N) is 2. The van der Waals surface area contributed by atoms with Gasteiger partial charge in [0.15, 0.2) is 6.17 Å². The van der Waals surface area contributed by atoms with Crippen LogP contribution in [0.1, 0.15) is 23.7 Å². The lowest BCUT2D eigenvalue weighted by molar-refractivity contribution is -0.132. The Labute approximate surface area is 155 Å². The summed E-state index contributed by atoms with van der Waals surface area (Å²) in [4.78, 5) is 40.2. The molecule has 0 radical (unpaired) electrons. The number of nitrogens with two attached hydrogens (primary N) is 1. The van der Waals surface area contributed by atoms with Crippen LogP contribution < -0.4 is 16.4 Å². The molecule has 1 atom stereocenters. The summed E-state index contributed by atoms with van der Waals surface area (Å²) in [6.07, 6.45) is -0.822. The molecule has 0 spiro atoms. The van der Waals surface area contributed by atoms with E-state index in [1.807, 2.05) is 0 Å². The Hall–Kier alpha value is -2.75. The third-order valence-corrected chi connectivity index (χ3v) is 4.03. The normalized spacial score (nSPS) is 16.8. The van der Waals surface area contributed by atoms with E-state index >= 15 is 0 Å². The van der Waals surface area contributed by atoms with Crippen molar-refractivity contribution < 1.29 is 23.2 Å². The molecule has 1 aliphatic heterocycles. The molecule has 1 aliphatic rings. The van der Waals surface area contributed by atoms with Gasteiger partial charge in [0.1, 0.15) is 11.6 Å². The minimum absolute atomic E-state index is 0.160. The average molecular weight is 383 g/mol. The molecule has 4 N–H and O–H groups in total. The number of rotatable bonds is 5. The van der Waals surface area contributed by atoms with Gasteiger partial charge in [0, 0.05) is 44.4 Å². The zero-order chi connectivity index (χ0) is 20.0. The molecule has 4 amide bonds. The molecule has 0 aliphatic carbocycles. The van der Waals surface area contributed by atoms with Crippen molar-refractivity contribution in [3.63, 3.8) is 0 Å². The fourth-order valence-corrected chi connectivity index (χ4v) is 2.92. The molecule has 8 nitrogen and oxygen atoms in total. The fourth-order valence-electron chi connectivity index (χ4n) is 2.92. The SMILES string of the molecule is CCNC(=O)N1CCCN(C(=O)c2cc(F)cc(F)c2)C1C(=O)NCCN.